The van der Waals surface area contributed by atoms with Crippen LogP contribution in [0.1, 0.15) is 39.0 Å². The van der Waals surface area contributed by atoms with Crippen molar-refractivity contribution in [3.8, 4) is 0 Å². The van der Waals surface area contributed by atoms with E-state index in [1.165, 1.54) is 6.42 Å². The van der Waals surface area contributed by atoms with Gasteiger partial charge in [0.1, 0.15) is 0 Å². The summed E-state index contributed by atoms with van der Waals surface area (Å²) >= 11 is 0. The number of hydrogen-bond donors (Lipinski definition) is 2. The van der Waals surface area contributed by atoms with Gasteiger partial charge in [0, 0.05) is 6.04 Å². The summed E-state index contributed by atoms with van der Waals surface area (Å²) in [5.74, 6) is -0.0458. The number of anilines is 1. The zero-order valence-corrected chi connectivity index (χ0v) is 13.8. The molecule has 0 saturated heterocycles. The number of para-hydroxylation sites is 1. The Bertz CT molecular complexity index is 608. The summed E-state index contributed by atoms with van der Waals surface area (Å²) in [4.78, 5) is 12.2. The van der Waals surface area contributed by atoms with E-state index in [0.717, 1.165) is 25.7 Å². The van der Waals surface area contributed by atoms with Crippen LogP contribution in [0.4, 0.5) is 5.69 Å². The standard InChI is InChI=1S/C16H24N2O3S/c1-2-22(20,21)15-11-7-6-10-14(15)17-12-16(19)18-13-8-4-3-5-9-13/h6-7,10-11,13,17H,2-5,8-9,12H2,1H3,(H,18,19). The second-order valence-electron chi connectivity index (χ2n) is 5.66. The highest BCUT2D eigenvalue weighted by molar-refractivity contribution is 7.91. The first kappa shape index (κ1) is 16.8. The molecule has 1 aromatic rings. The smallest absolute Gasteiger partial charge is 0.239 e. The highest BCUT2D eigenvalue weighted by Crippen LogP contribution is 2.22. The molecule has 0 unspecified atom stereocenters. The van der Waals surface area contributed by atoms with Crippen LogP contribution < -0.4 is 10.6 Å². The van der Waals surface area contributed by atoms with Crippen molar-refractivity contribution < 1.29 is 13.2 Å². The minimum absolute atomic E-state index is 0.0416. The lowest BCUT2D eigenvalue weighted by Crippen LogP contribution is -2.39. The third-order valence-electron chi connectivity index (χ3n) is 4.01. The Morgan fingerprint density at radius 2 is 1.86 bits per heavy atom. The van der Waals surface area contributed by atoms with Crippen LogP contribution in [0.15, 0.2) is 29.2 Å². The molecule has 2 rings (SSSR count). The van der Waals surface area contributed by atoms with Crippen LogP contribution in [0.5, 0.6) is 0 Å². The summed E-state index contributed by atoms with van der Waals surface area (Å²) in [6, 6.07) is 6.97. The van der Waals surface area contributed by atoms with E-state index in [0.29, 0.717) is 5.69 Å². The number of hydrogen-bond acceptors (Lipinski definition) is 4. The topological polar surface area (TPSA) is 75.3 Å². The first-order chi connectivity index (χ1) is 10.5. The molecule has 1 aromatic carbocycles. The van der Waals surface area contributed by atoms with Crippen molar-refractivity contribution in [1.82, 2.24) is 5.32 Å². The van der Waals surface area contributed by atoms with Crippen molar-refractivity contribution in [3.05, 3.63) is 24.3 Å². The Balaban J connectivity index is 1.95. The van der Waals surface area contributed by atoms with Crippen molar-refractivity contribution in [2.24, 2.45) is 0 Å². The minimum atomic E-state index is -3.30. The lowest BCUT2D eigenvalue weighted by molar-refractivity contribution is -0.120. The quantitative estimate of drug-likeness (QED) is 0.842. The molecule has 0 bridgehead atoms. The fourth-order valence-electron chi connectivity index (χ4n) is 2.74. The minimum Gasteiger partial charge on any atom is -0.375 e. The third kappa shape index (κ3) is 4.47. The molecule has 1 aliphatic rings. The average molecular weight is 324 g/mol. The lowest BCUT2D eigenvalue weighted by atomic mass is 9.95. The maximum Gasteiger partial charge on any atom is 0.239 e. The summed E-state index contributed by atoms with van der Waals surface area (Å²) in [5, 5.41) is 5.96. The molecular formula is C16H24N2O3S. The van der Waals surface area contributed by atoms with Gasteiger partial charge < -0.3 is 10.6 Å². The van der Waals surface area contributed by atoms with Crippen molar-refractivity contribution >= 4 is 21.4 Å². The van der Waals surface area contributed by atoms with Gasteiger partial charge in [-0.3, -0.25) is 4.79 Å². The second-order valence-corrected chi connectivity index (χ2v) is 7.90. The van der Waals surface area contributed by atoms with Gasteiger partial charge in [0.25, 0.3) is 0 Å². The predicted molar refractivity (Wildman–Crippen MR) is 87.7 cm³/mol. The van der Waals surface area contributed by atoms with E-state index in [2.05, 4.69) is 10.6 Å². The van der Waals surface area contributed by atoms with Crippen LogP contribution in [0.3, 0.4) is 0 Å². The number of nitrogens with one attached hydrogen (secondary N) is 2. The Morgan fingerprint density at radius 3 is 2.55 bits per heavy atom. The molecule has 5 nitrogen and oxygen atoms in total. The molecule has 1 amide bonds. The second kappa shape index (κ2) is 7.63. The fraction of sp³-hybridized carbons (Fsp3) is 0.562. The van der Waals surface area contributed by atoms with Crippen molar-refractivity contribution in [1.29, 1.82) is 0 Å². The summed E-state index contributed by atoms with van der Waals surface area (Å²) in [5.41, 5.74) is 0.489. The summed E-state index contributed by atoms with van der Waals surface area (Å²) in [6.45, 7) is 1.70. The van der Waals surface area contributed by atoms with Gasteiger partial charge in [-0.25, -0.2) is 8.42 Å². The third-order valence-corrected chi connectivity index (χ3v) is 5.80. The number of carbonyl (C=O) groups is 1. The highest BCUT2D eigenvalue weighted by atomic mass is 32.2. The zero-order chi connectivity index (χ0) is 16.0. The van der Waals surface area contributed by atoms with Gasteiger partial charge in [-0.1, -0.05) is 38.3 Å². The average Bonchev–Trinajstić information content (AvgIpc) is 2.54. The summed E-state index contributed by atoms with van der Waals surface area (Å²) in [7, 11) is -3.30. The molecule has 6 heteroatoms. The molecule has 2 N–H and O–H groups in total. The lowest BCUT2D eigenvalue weighted by Gasteiger charge is -2.23. The van der Waals surface area contributed by atoms with Gasteiger partial charge >= 0.3 is 0 Å². The van der Waals surface area contributed by atoms with Crippen molar-refractivity contribution in [3.63, 3.8) is 0 Å². The van der Waals surface area contributed by atoms with Gasteiger partial charge in [-0.2, -0.15) is 0 Å². The van der Waals surface area contributed by atoms with Gasteiger partial charge in [-0.05, 0) is 25.0 Å². The van der Waals surface area contributed by atoms with Crippen molar-refractivity contribution in [2.75, 3.05) is 17.6 Å². The predicted octanol–water partition coefficient (Wildman–Crippen LogP) is 2.34. The summed E-state index contributed by atoms with van der Waals surface area (Å²) < 4.78 is 24.1. The van der Waals surface area contributed by atoms with E-state index in [-0.39, 0.29) is 29.1 Å². The molecule has 0 aromatic heterocycles. The fourth-order valence-corrected chi connectivity index (χ4v) is 3.81. The Morgan fingerprint density at radius 1 is 1.18 bits per heavy atom. The first-order valence-electron chi connectivity index (χ1n) is 7.88. The largest absolute Gasteiger partial charge is 0.375 e. The number of amides is 1. The van der Waals surface area contributed by atoms with E-state index in [9.17, 15) is 13.2 Å². The number of carbonyl (C=O) groups excluding carboxylic acids is 1. The van der Waals surface area contributed by atoms with E-state index < -0.39 is 9.84 Å². The Kier molecular flexibility index (Phi) is 5.83. The number of rotatable bonds is 6. The van der Waals surface area contributed by atoms with E-state index in [4.69, 9.17) is 0 Å². The van der Waals surface area contributed by atoms with E-state index >= 15 is 0 Å². The molecule has 1 saturated carbocycles. The molecule has 122 valence electrons. The van der Waals surface area contributed by atoms with Crippen molar-refractivity contribution in [2.45, 2.75) is 50.0 Å². The summed E-state index contributed by atoms with van der Waals surface area (Å²) in [6.07, 6.45) is 5.64. The maximum atomic E-state index is 12.0. The van der Waals surface area contributed by atoms with Crippen LogP contribution in [0, 0.1) is 0 Å². The number of sulfone groups is 1. The molecular weight excluding hydrogens is 300 g/mol. The molecule has 0 atom stereocenters. The van der Waals surface area contributed by atoms with Gasteiger partial charge in [0.15, 0.2) is 9.84 Å². The van der Waals surface area contributed by atoms with Crippen LogP contribution >= 0.6 is 0 Å². The van der Waals surface area contributed by atoms with Gasteiger partial charge in [0.05, 0.1) is 22.9 Å². The van der Waals surface area contributed by atoms with Crippen LogP contribution in [-0.4, -0.2) is 32.7 Å². The highest BCUT2D eigenvalue weighted by Gasteiger charge is 2.18. The Hall–Kier alpha value is -1.56. The zero-order valence-electron chi connectivity index (χ0n) is 13.0. The molecule has 0 aliphatic heterocycles. The molecule has 22 heavy (non-hydrogen) atoms. The van der Waals surface area contributed by atoms with Crippen LogP contribution in [0.2, 0.25) is 0 Å². The molecule has 1 aliphatic carbocycles. The monoisotopic (exact) mass is 324 g/mol. The van der Waals surface area contributed by atoms with E-state index in [1.807, 2.05) is 0 Å². The maximum absolute atomic E-state index is 12.0. The van der Waals surface area contributed by atoms with E-state index in [1.54, 1.807) is 31.2 Å². The van der Waals surface area contributed by atoms with Gasteiger partial charge in [-0.15, -0.1) is 0 Å². The molecule has 0 radical (unpaired) electrons. The molecule has 1 fully saturated rings. The molecule has 0 spiro atoms. The molecule has 0 heterocycles. The SMILES string of the molecule is CCS(=O)(=O)c1ccccc1NCC(=O)NC1CCCCC1. The Labute approximate surface area is 132 Å². The van der Waals surface area contributed by atoms with Crippen LogP contribution in [0.25, 0.3) is 0 Å². The van der Waals surface area contributed by atoms with Crippen LogP contribution in [-0.2, 0) is 14.6 Å². The van der Waals surface area contributed by atoms with Gasteiger partial charge in [0.2, 0.25) is 5.91 Å². The first-order valence-corrected chi connectivity index (χ1v) is 9.53. The normalized spacial score (nSPS) is 16.2. The number of benzene rings is 1.